The molecule has 1 aliphatic rings. The largest absolute Gasteiger partial charge is 0.445 e. The zero-order valence-corrected chi connectivity index (χ0v) is 7.83. The van der Waals surface area contributed by atoms with Gasteiger partial charge in [-0.05, 0) is 19.4 Å². The first-order chi connectivity index (χ1) is 6.40. The molecule has 1 saturated carbocycles. The van der Waals surface area contributed by atoms with E-state index in [0.717, 1.165) is 18.1 Å². The lowest BCUT2D eigenvalue weighted by Crippen LogP contribution is -2.01. The van der Waals surface area contributed by atoms with Crippen LogP contribution in [0.1, 0.15) is 43.3 Å². The average molecular weight is 180 g/mol. The van der Waals surface area contributed by atoms with E-state index in [1.807, 2.05) is 6.20 Å². The molecule has 72 valence electrons. The van der Waals surface area contributed by atoms with Crippen LogP contribution in [0.2, 0.25) is 0 Å². The van der Waals surface area contributed by atoms with Crippen molar-refractivity contribution < 1.29 is 4.42 Å². The highest BCUT2D eigenvalue weighted by Gasteiger charge is 2.21. The molecule has 0 unspecified atom stereocenters. The van der Waals surface area contributed by atoms with Crippen molar-refractivity contribution >= 4 is 0 Å². The molecular formula is C10H16N2O. The molecule has 0 bridgehead atoms. The van der Waals surface area contributed by atoms with Crippen LogP contribution in [-0.2, 0) is 6.42 Å². The van der Waals surface area contributed by atoms with E-state index in [0.29, 0.717) is 12.5 Å². The van der Waals surface area contributed by atoms with E-state index >= 15 is 0 Å². The molecule has 1 fully saturated rings. The Morgan fingerprint density at radius 3 is 2.92 bits per heavy atom. The summed E-state index contributed by atoms with van der Waals surface area (Å²) in [6.07, 6.45) is 7.74. The molecule has 0 aromatic carbocycles. The fraction of sp³-hybridized carbons (Fsp3) is 0.700. The van der Waals surface area contributed by atoms with Gasteiger partial charge in [-0.3, -0.25) is 0 Å². The van der Waals surface area contributed by atoms with Crippen LogP contribution in [0.3, 0.4) is 0 Å². The van der Waals surface area contributed by atoms with Gasteiger partial charge < -0.3 is 10.2 Å². The van der Waals surface area contributed by atoms with Gasteiger partial charge >= 0.3 is 0 Å². The molecule has 0 atom stereocenters. The van der Waals surface area contributed by atoms with Gasteiger partial charge in [-0.2, -0.15) is 0 Å². The van der Waals surface area contributed by atoms with Crippen molar-refractivity contribution in [1.82, 2.24) is 4.98 Å². The third kappa shape index (κ3) is 1.91. The van der Waals surface area contributed by atoms with Crippen molar-refractivity contribution in [3.8, 4) is 0 Å². The highest BCUT2D eigenvalue weighted by molar-refractivity contribution is 5.00. The van der Waals surface area contributed by atoms with Gasteiger partial charge in [0.2, 0.25) is 0 Å². The van der Waals surface area contributed by atoms with E-state index in [4.69, 9.17) is 10.2 Å². The lowest BCUT2D eigenvalue weighted by molar-refractivity contribution is 0.420. The summed E-state index contributed by atoms with van der Waals surface area (Å²) in [4.78, 5) is 4.29. The minimum absolute atomic E-state index is 0.575. The number of nitrogens with zero attached hydrogens (tertiary/aromatic N) is 1. The number of hydrogen-bond donors (Lipinski definition) is 1. The van der Waals surface area contributed by atoms with Gasteiger partial charge in [0.1, 0.15) is 5.76 Å². The molecule has 0 spiro atoms. The monoisotopic (exact) mass is 180 g/mol. The summed E-state index contributed by atoms with van der Waals surface area (Å²) in [5.41, 5.74) is 5.44. The van der Waals surface area contributed by atoms with Gasteiger partial charge in [0.15, 0.2) is 5.89 Å². The minimum atomic E-state index is 0.575. The highest BCUT2D eigenvalue weighted by Crippen LogP contribution is 2.33. The van der Waals surface area contributed by atoms with Gasteiger partial charge in [-0.25, -0.2) is 4.98 Å². The molecule has 0 saturated heterocycles. The second-order valence-corrected chi connectivity index (χ2v) is 3.68. The number of nitrogens with two attached hydrogens (primary N) is 1. The van der Waals surface area contributed by atoms with Crippen LogP contribution < -0.4 is 5.73 Å². The Kier molecular flexibility index (Phi) is 2.64. The molecule has 13 heavy (non-hydrogen) atoms. The third-order valence-electron chi connectivity index (χ3n) is 2.67. The highest BCUT2D eigenvalue weighted by atomic mass is 16.4. The SMILES string of the molecule is NCCc1cnc(C2CCCC2)o1. The molecule has 2 rings (SSSR count). The summed E-state index contributed by atoms with van der Waals surface area (Å²) < 4.78 is 5.62. The summed E-state index contributed by atoms with van der Waals surface area (Å²) in [6, 6.07) is 0. The predicted octanol–water partition coefficient (Wildman–Crippen LogP) is 1.83. The minimum Gasteiger partial charge on any atom is -0.445 e. The van der Waals surface area contributed by atoms with Crippen LogP contribution in [-0.4, -0.2) is 11.5 Å². The Hall–Kier alpha value is -0.830. The maximum absolute atomic E-state index is 5.62. The molecule has 1 aliphatic carbocycles. The summed E-state index contributed by atoms with van der Waals surface area (Å²) in [7, 11) is 0. The van der Waals surface area contributed by atoms with Crippen molar-refractivity contribution in [2.75, 3.05) is 6.54 Å². The van der Waals surface area contributed by atoms with Crippen molar-refractivity contribution in [2.24, 2.45) is 5.73 Å². The zero-order valence-electron chi connectivity index (χ0n) is 7.83. The summed E-state index contributed by atoms with van der Waals surface area (Å²) in [5.74, 6) is 2.44. The Morgan fingerprint density at radius 2 is 2.23 bits per heavy atom. The van der Waals surface area contributed by atoms with Gasteiger partial charge in [0.05, 0.1) is 6.20 Å². The third-order valence-corrected chi connectivity index (χ3v) is 2.67. The van der Waals surface area contributed by atoms with Crippen LogP contribution in [0.15, 0.2) is 10.6 Å². The summed E-state index contributed by atoms with van der Waals surface area (Å²) in [5, 5.41) is 0. The van der Waals surface area contributed by atoms with Crippen LogP contribution in [0, 0.1) is 0 Å². The van der Waals surface area contributed by atoms with Crippen molar-refractivity contribution in [3.05, 3.63) is 17.8 Å². The lowest BCUT2D eigenvalue weighted by atomic mass is 10.1. The van der Waals surface area contributed by atoms with E-state index in [2.05, 4.69) is 4.98 Å². The Bertz CT molecular complexity index is 264. The van der Waals surface area contributed by atoms with E-state index in [9.17, 15) is 0 Å². The number of rotatable bonds is 3. The molecule has 1 aromatic rings. The molecule has 1 aromatic heterocycles. The average Bonchev–Trinajstić information content (AvgIpc) is 2.70. The molecule has 2 N–H and O–H groups in total. The molecule has 3 heteroatoms. The van der Waals surface area contributed by atoms with Crippen molar-refractivity contribution in [2.45, 2.75) is 38.0 Å². The number of aromatic nitrogens is 1. The molecule has 1 heterocycles. The first-order valence-corrected chi connectivity index (χ1v) is 5.05. The Morgan fingerprint density at radius 1 is 1.46 bits per heavy atom. The van der Waals surface area contributed by atoms with Crippen molar-refractivity contribution in [3.63, 3.8) is 0 Å². The van der Waals surface area contributed by atoms with Crippen molar-refractivity contribution in [1.29, 1.82) is 0 Å². The maximum atomic E-state index is 5.62. The van der Waals surface area contributed by atoms with Crippen LogP contribution in [0.25, 0.3) is 0 Å². The van der Waals surface area contributed by atoms with Gasteiger partial charge in [-0.15, -0.1) is 0 Å². The summed E-state index contributed by atoms with van der Waals surface area (Å²) in [6.45, 7) is 0.638. The first-order valence-electron chi connectivity index (χ1n) is 5.05. The number of oxazole rings is 1. The molecular weight excluding hydrogens is 164 g/mol. The quantitative estimate of drug-likeness (QED) is 0.772. The maximum Gasteiger partial charge on any atom is 0.197 e. The van der Waals surface area contributed by atoms with Gasteiger partial charge in [0, 0.05) is 12.3 Å². The molecule has 0 radical (unpaired) electrons. The zero-order chi connectivity index (χ0) is 9.10. The molecule has 3 nitrogen and oxygen atoms in total. The normalized spacial score (nSPS) is 18.2. The molecule has 0 aliphatic heterocycles. The molecule has 0 amide bonds. The van der Waals surface area contributed by atoms with Crippen LogP contribution in [0.4, 0.5) is 0 Å². The fourth-order valence-electron chi connectivity index (χ4n) is 1.94. The smallest absolute Gasteiger partial charge is 0.197 e. The fourth-order valence-corrected chi connectivity index (χ4v) is 1.94. The van der Waals surface area contributed by atoms with Gasteiger partial charge in [0.25, 0.3) is 0 Å². The lowest BCUT2D eigenvalue weighted by Gasteiger charge is -2.01. The van der Waals surface area contributed by atoms with E-state index < -0.39 is 0 Å². The first kappa shape index (κ1) is 8.75. The van der Waals surface area contributed by atoms with Gasteiger partial charge in [-0.1, -0.05) is 12.8 Å². The second-order valence-electron chi connectivity index (χ2n) is 3.68. The van der Waals surface area contributed by atoms with E-state index in [1.165, 1.54) is 25.7 Å². The van der Waals surface area contributed by atoms with Crippen LogP contribution >= 0.6 is 0 Å². The second kappa shape index (κ2) is 3.92. The van der Waals surface area contributed by atoms with Crippen LogP contribution in [0.5, 0.6) is 0 Å². The standard InChI is InChI=1S/C10H16N2O/c11-6-5-9-7-12-10(13-9)8-3-1-2-4-8/h7-8H,1-6,11H2. The van der Waals surface area contributed by atoms with E-state index in [1.54, 1.807) is 0 Å². The number of hydrogen-bond acceptors (Lipinski definition) is 3. The Labute approximate surface area is 78.3 Å². The summed E-state index contributed by atoms with van der Waals surface area (Å²) >= 11 is 0. The topological polar surface area (TPSA) is 52.0 Å². The Balaban J connectivity index is 2.03. The van der Waals surface area contributed by atoms with E-state index in [-0.39, 0.29) is 0 Å². The predicted molar refractivity (Wildman–Crippen MR) is 50.5 cm³/mol.